The smallest absolute Gasteiger partial charge is 0.349 e. The van der Waals surface area contributed by atoms with E-state index in [1.807, 2.05) is 23.6 Å². The molecule has 3 aromatic heterocycles. The molecule has 0 amide bonds. The van der Waals surface area contributed by atoms with Gasteiger partial charge in [0.2, 0.25) is 0 Å². The van der Waals surface area contributed by atoms with Gasteiger partial charge in [-0.15, -0.1) is 11.3 Å². The van der Waals surface area contributed by atoms with Crippen LogP contribution >= 0.6 is 11.3 Å². The van der Waals surface area contributed by atoms with Crippen LogP contribution < -0.4 is 0 Å². The van der Waals surface area contributed by atoms with Crippen molar-refractivity contribution in [2.75, 3.05) is 6.61 Å². The molecule has 0 bridgehead atoms. The normalized spacial score (nSPS) is 10.7. The van der Waals surface area contributed by atoms with E-state index in [0.29, 0.717) is 17.3 Å². The van der Waals surface area contributed by atoms with Crippen LogP contribution in [0.1, 0.15) is 29.2 Å². The van der Waals surface area contributed by atoms with Gasteiger partial charge in [-0.25, -0.2) is 9.78 Å². The Morgan fingerprint density at radius 3 is 2.91 bits per heavy atom. The second-order valence-electron chi connectivity index (χ2n) is 4.89. The summed E-state index contributed by atoms with van der Waals surface area (Å²) < 4.78 is 5.12. The van der Waals surface area contributed by atoms with Gasteiger partial charge in [0.15, 0.2) is 0 Å². The summed E-state index contributed by atoms with van der Waals surface area (Å²) >= 11 is 1.36. The predicted octanol–water partition coefficient (Wildman–Crippen LogP) is 3.94. The van der Waals surface area contributed by atoms with Crippen molar-refractivity contribution in [2.24, 2.45) is 0 Å². The molecular weight excluding hydrogens is 310 g/mol. The molecule has 0 aliphatic rings. The highest BCUT2D eigenvalue weighted by Gasteiger charge is 2.20. The summed E-state index contributed by atoms with van der Waals surface area (Å²) in [6.45, 7) is 4.22. The molecule has 1 N–H and O–H groups in total. The largest absolute Gasteiger partial charge is 0.462 e. The number of esters is 1. The van der Waals surface area contributed by atoms with E-state index >= 15 is 0 Å². The first-order valence-electron chi connectivity index (χ1n) is 7.48. The number of carbonyl (C=O) groups excluding carboxylic acids is 1. The molecule has 0 atom stereocenters. The summed E-state index contributed by atoms with van der Waals surface area (Å²) in [6, 6.07) is 5.76. The first-order chi connectivity index (χ1) is 11.2. The standard InChI is InChI=1S/C17H17N3O2S/c1-3-13-14(11-6-5-8-18-10-11)20-16(19-13)12-7-9-23-15(12)17(21)22-4-2/h5-10H,3-4H2,1-2H3,(H,19,20). The average molecular weight is 327 g/mol. The predicted molar refractivity (Wildman–Crippen MR) is 90.5 cm³/mol. The molecule has 0 fully saturated rings. The van der Waals surface area contributed by atoms with E-state index in [9.17, 15) is 4.79 Å². The van der Waals surface area contributed by atoms with E-state index in [2.05, 4.69) is 16.9 Å². The Balaban J connectivity index is 2.04. The van der Waals surface area contributed by atoms with Gasteiger partial charge >= 0.3 is 5.97 Å². The summed E-state index contributed by atoms with van der Waals surface area (Å²) in [5.41, 5.74) is 3.63. The van der Waals surface area contributed by atoms with Crippen LogP contribution in [0.15, 0.2) is 36.0 Å². The molecule has 0 aromatic carbocycles. The molecule has 0 saturated carbocycles. The lowest BCUT2D eigenvalue weighted by atomic mass is 10.1. The maximum atomic E-state index is 12.1. The topological polar surface area (TPSA) is 67.9 Å². The molecular formula is C17H17N3O2S. The van der Waals surface area contributed by atoms with Crippen molar-refractivity contribution < 1.29 is 9.53 Å². The van der Waals surface area contributed by atoms with Gasteiger partial charge in [0.1, 0.15) is 10.7 Å². The summed E-state index contributed by atoms with van der Waals surface area (Å²) in [5.74, 6) is 0.375. The number of hydrogen-bond donors (Lipinski definition) is 1. The number of aromatic nitrogens is 3. The lowest BCUT2D eigenvalue weighted by Crippen LogP contribution is -2.03. The van der Waals surface area contributed by atoms with Crippen LogP contribution in [0.3, 0.4) is 0 Å². The Kier molecular flexibility index (Phi) is 4.52. The van der Waals surface area contributed by atoms with Crippen LogP contribution in [0.5, 0.6) is 0 Å². The highest BCUT2D eigenvalue weighted by molar-refractivity contribution is 7.12. The Labute approximate surface area is 138 Å². The Morgan fingerprint density at radius 2 is 2.22 bits per heavy atom. The number of pyridine rings is 1. The van der Waals surface area contributed by atoms with Gasteiger partial charge < -0.3 is 9.72 Å². The van der Waals surface area contributed by atoms with Crippen LogP contribution in [-0.2, 0) is 11.2 Å². The molecule has 0 spiro atoms. The van der Waals surface area contributed by atoms with Gasteiger partial charge in [-0.1, -0.05) is 6.92 Å². The Bertz CT molecular complexity index is 808. The monoisotopic (exact) mass is 327 g/mol. The highest BCUT2D eigenvalue weighted by Crippen LogP contribution is 2.31. The van der Waals surface area contributed by atoms with E-state index in [-0.39, 0.29) is 5.97 Å². The van der Waals surface area contributed by atoms with Crippen LogP contribution in [0, 0.1) is 0 Å². The fourth-order valence-electron chi connectivity index (χ4n) is 2.38. The molecule has 0 unspecified atom stereocenters. The number of nitrogens with zero attached hydrogens (tertiary/aromatic N) is 2. The van der Waals surface area contributed by atoms with E-state index < -0.39 is 0 Å². The number of thiophene rings is 1. The van der Waals surface area contributed by atoms with Gasteiger partial charge in [-0.2, -0.15) is 0 Å². The fourth-order valence-corrected chi connectivity index (χ4v) is 3.17. The average Bonchev–Trinajstić information content (AvgIpc) is 3.22. The van der Waals surface area contributed by atoms with Gasteiger partial charge in [0.05, 0.1) is 12.3 Å². The summed E-state index contributed by atoms with van der Waals surface area (Å²) in [7, 11) is 0. The summed E-state index contributed by atoms with van der Waals surface area (Å²) in [4.78, 5) is 24.8. The summed E-state index contributed by atoms with van der Waals surface area (Å²) in [5, 5.41) is 1.87. The van der Waals surface area contributed by atoms with Crippen LogP contribution in [0.4, 0.5) is 0 Å². The van der Waals surface area contributed by atoms with Crippen molar-refractivity contribution in [3.63, 3.8) is 0 Å². The number of rotatable bonds is 5. The molecule has 3 rings (SSSR count). The van der Waals surface area contributed by atoms with Gasteiger partial charge in [-0.3, -0.25) is 4.98 Å². The zero-order chi connectivity index (χ0) is 16.2. The van der Waals surface area contributed by atoms with E-state index in [1.165, 1.54) is 11.3 Å². The first kappa shape index (κ1) is 15.4. The van der Waals surface area contributed by atoms with Crippen molar-refractivity contribution in [2.45, 2.75) is 20.3 Å². The molecule has 3 heterocycles. The number of aryl methyl sites for hydroxylation is 1. The van der Waals surface area contributed by atoms with Crippen LogP contribution in [-0.4, -0.2) is 27.5 Å². The third kappa shape index (κ3) is 3.03. The second kappa shape index (κ2) is 6.75. The quantitative estimate of drug-likeness (QED) is 0.721. The molecule has 0 aliphatic heterocycles. The highest BCUT2D eigenvalue weighted by atomic mass is 32.1. The third-order valence-electron chi connectivity index (χ3n) is 3.45. The number of nitrogens with one attached hydrogen (secondary N) is 1. The van der Waals surface area contributed by atoms with Crippen LogP contribution in [0.2, 0.25) is 0 Å². The second-order valence-corrected chi connectivity index (χ2v) is 5.81. The van der Waals surface area contributed by atoms with Gasteiger partial charge in [-0.05, 0) is 36.9 Å². The molecule has 23 heavy (non-hydrogen) atoms. The minimum atomic E-state index is -0.310. The number of ether oxygens (including phenoxy) is 1. The zero-order valence-corrected chi connectivity index (χ0v) is 13.8. The number of carbonyl (C=O) groups is 1. The van der Waals surface area contributed by atoms with Crippen molar-refractivity contribution in [3.05, 3.63) is 46.5 Å². The molecule has 5 nitrogen and oxygen atoms in total. The molecule has 0 radical (unpaired) electrons. The number of H-pyrrole nitrogens is 1. The van der Waals surface area contributed by atoms with Crippen molar-refractivity contribution in [1.82, 2.24) is 15.0 Å². The van der Waals surface area contributed by atoms with E-state index in [4.69, 9.17) is 9.72 Å². The van der Waals surface area contributed by atoms with Crippen molar-refractivity contribution >= 4 is 17.3 Å². The number of hydrogen-bond acceptors (Lipinski definition) is 5. The molecule has 3 aromatic rings. The fraction of sp³-hybridized carbons (Fsp3) is 0.235. The van der Waals surface area contributed by atoms with Gasteiger partial charge in [0.25, 0.3) is 0 Å². The zero-order valence-electron chi connectivity index (χ0n) is 13.0. The van der Waals surface area contributed by atoms with Gasteiger partial charge in [0, 0.05) is 29.2 Å². The van der Waals surface area contributed by atoms with E-state index in [0.717, 1.165) is 28.9 Å². The van der Waals surface area contributed by atoms with Crippen molar-refractivity contribution in [1.29, 1.82) is 0 Å². The summed E-state index contributed by atoms with van der Waals surface area (Å²) in [6.07, 6.45) is 4.34. The van der Waals surface area contributed by atoms with E-state index in [1.54, 1.807) is 19.3 Å². The maximum absolute atomic E-state index is 12.1. The number of imidazole rings is 1. The minimum absolute atomic E-state index is 0.310. The minimum Gasteiger partial charge on any atom is -0.462 e. The third-order valence-corrected chi connectivity index (χ3v) is 4.34. The SMILES string of the molecule is CCOC(=O)c1sccc1-c1nc(-c2cccnc2)c(CC)[nH]1. The van der Waals surface area contributed by atoms with Crippen molar-refractivity contribution in [3.8, 4) is 22.6 Å². The van der Waals surface area contributed by atoms with Crippen LogP contribution in [0.25, 0.3) is 22.6 Å². The molecule has 6 heteroatoms. The lowest BCUT2D eigenvalue weighted by Gasteiger charge is -2.01. The first-order valence-corrected chi connectivity index (χ1v) is 8.36. The maximum Gasteiger partial charge on any atom is 0.349 e. The molecule has 118 valence electrons. The molecule has 0 saturated heterocycles. The molecule has 0 aliphatic carbocycles. The lowest BCUT2D eigenvalue weighted by molar-refractivity contribution is 0.0533. The Hall–Kier alpha value is -2.47. The number of aromatic amines is 1. The Morgan fingerprint density at radius 1 is 1.35 bits per heavy atom.